The Hall–Kier alpha value is -1.32. The van der Waals surface area contributed by atoms with Crippen LogP contribution in [0.15, 0.2) is 47.4 Å². The number of thioether (sulfide) groups is 1. The van der Waals surface area contributed by atoms with E-state index in [1.165, 1.54) is 10.5 Å². The van der Waals surface area contributed by atoms with Gasteiger partial charge in [-0.1, -0.05) is 35.9 Å². The number of hydrogen-bond acceptors (Lipinski definition) is 3. The quantitative estimate of drug-likeness (QED) is 0.861. The van der Waals surface area contributed by atoms with Gasteiger partial charge in [-0.15, -0.1) is 11.8 Å². The molecule has 3 rings (SSSR count). The third kappa shape index (κ3) is 2.53. The summed E-state index contributed by atoms with van der Waals surface area (Å²) in [5.41, 5.74) is 7.83. The molecule has 0 radical (unpaired) electrons. The topological polar surface area (TPSA) is 35.2 Å². The molecule has 1 atom stereocenters. The molecule has 0 saturated carbocycles. The summed E-state index contributed by atoms with van der Waals surface area (Å²) in [5, 5.41) is 0.568. The second kappa shape index (κ2) is 5.35. The van der Waals surface area contributed by atoms with Crippen LogP contribution in [0.2, 0.25) is 5.02 Å². The number of benzene rings is 2. The minimum atomic E-state index is 0.400. The lowest BCUT2D eigenvalue weighted by atomic mass is 10.0. The average Bonchev–Trinajstić information content (AvgIpc) is 2.82. The van der Waals surface area contributed by atoms with E-state index in [1.54, 1.807) is 12.1 Å². The summed E-state index contributed by atoms with van der Waals surface area (Å²) in [6, 6.07) is 13.9. The zero-order valence-electron chi connectivity index (χ0n) is 10.3. The number of hydrogen-bond donors (Lipinski definition) is 1. The lowest BCUT2D eigenvalue weighted by Crippen LogP contribution is -2.10. The van der Waals surface area contributed by atoms with Gasteiger partial charge in [-0.05, 0) is 23.8 Å². The summed E-state index contributed by atoms with van der Waals surface area (Å²) in [7, 11) is 0. The van der Waals surface area contributed by atoms with Gasteiger partial charge in [-0.2, -0.15) is 0 Å². The molecule has 0 fully saturated rings. The number of fused-ring (bicyclic) bond motifs is 1. The van der Waals surface area contributed by atoms with Gasteiger partial charge in [-0.25, -0.2) is 0 Å². The second-order valence-corrected chi connectivity index (χ2v) is 5.98. The summed E-state index contributed by atoms with van der Waals surface area (Å²) >= 11 is 7.98. The van der Waals surface area contributed by atoms with Crippen molar-refractivity contribution in [1.82, 2.24) is 0 Å². The molecule has 0 aliphatic carbocycles. The van der Waals surface area contributed by atoms with Crippen LogP contribution in [0, 0.1) is 0 Å². The van der Waals surface area contributed by atoms with Gasteiger partial charge >= 0.3 is 0 Å². The first kappa shape index (κ1) is 12.7. The first-order chi connectivity index (χ1) is 9.25. The van der Waals surface area contributed by atoms with Crippen molar-refractivity contribution in [1.29, 1.82) is 0 Å². The Bertz CT molecular complexity index is 582. The van der Waals surface area contributed by atoms with Crippen LogP contribution in [0.25, 0.3) is 0 Å². The molecule has 1 unspecified atom stereocenters. The van der Waals surface area contributed by atoms with Gasteiger partial charge in [0.15, 0.2) is 5.75 Å². The van der Waals surface area contributed by atoms with Gasteiger partial charge in [-0.3, -0.25) is 0 Å². The molecule has 2 nitrogen and oxygen atoms in total. The van der Waals surface area contributed by atoms with Crippen LogP contribution in [0.3, 0.4) is 0 Å². The van der Waals surface area contributed by atoms with Crippen molar-refractivity contribution in [2.75, 3.05) is 18.1 Å². The molecular weight excluding hydrogens is 278 g/mol. The van der Waals surface area contributed by atoms with E-state index in [-0.39, 0.29) is 0 Å². The van der Waals surface area contributed by atoms with E-state index in [4.69, 9.17) is 22.1 Å². The normalized spacial score (nSPS) is 17.2. The maximum Gasteiger partial charge on any atom is 0.160 e. The minimum Gasteiger partial charge on any atom is -0.489 e. The molecule has 0 aromatic heterocycles. The lowest BCUT2D eigenvalue weighted by Gasteiger charge is -2.15. The second-order valence-electron chi connectivity index (χ2n) is 4.51. The maximum absolute atomic E-state index is 6.10. The zero-order chi connectivity index (χ0) is 13.2. The molecule has 1 aliphatic heterocycles. The maximum atomic E-state index is 6.10. The number of halogens is 1. The van der Waals surface area contributed by atoms with Gasteiger partial charge < -0.3 is 10.5 Å². The Morgan fingerprint density at radius 1 is 1.21 bits per heavy atom. The van der Waals surface area contributed by atoms with E-state index in [0.29, 0.717) is 29.0 Å². The summed E-state index contributed by atoms with van der Waals surface area (Å²) < 4.78 is 5.84. The summed E-state index contributed by atoms with van der Waals surface area (Å²) in [5.74, 6) is 2.04. The van der Waals surface area contributed by atoms with E-state index in [1.807, 2.05) is 17.8 Å². The van der Waals surface area contributed by atoms with Crippen molar-refractivity contribution in [3.8, 4) is 5.75 Å². The molecule has 4 heteroatoms. The van der Waals surface area contributed by atoms with Crippen LogP contribution in [0.4, 0.5) is 5.69 Å². The van der Waals surface area contributed by atoms with Gasteiger partial charge in [0.1, 0.15) is 0 Å². The number of nitrogens with two attached hydrogens (primary N) is 1. The molecule has 0 bridgehead atoms. The van der Waals surface area contributed by atoms with Crippen LogP contribution in [0.1, 0.15) is 11.5 Å². The Kier molecular flexibility index (Phi) is 3.58. The standard InChI is InChI=1S/C15H14ClNOS/c16-12-5-3-6-13(17)15(12)18-8-10-9-19-14-7-2-1-4-11(10)14/h1-7,10H,8-9,17H2. The van der Waals surface area contributed by atoms with Crippen molar-refractivity contribution in [2.45, 2.75) is 10.8 Å². The molecule has 1 aliphatic rings. The molecule has 0 saturated heterocycles. The molecule has 1 heterocycles. The third-order valence-corrected chi connectivity index (χ3v) is 4.77. The van der Waals surface area contributed by atoms with Gasteiger partial charge in [0.25, 0.3) is 0 Å². The molecule has 98 valence electrons. The van der Waals surface area contributed by atoms with Gasteiger partial charge in [0.2, 0.25) is 0 Å². The smallest absolute Gasteiger partial charge is 0.160 e. The highest BCUT2D eigenvalue weighted by Crippen LogP contribution is 2.40. The highest BCUT2D eigenvalue weighted by atomic mass is 35.5. The third-order valence-electron chi connectivity index (χ3n) is 3.23. The molecule has 2 aromatic carbocycles. The van der Waals surface area contributed by atoms with Crippen molar-refractivity contribution >= 4 is 29.1 Å². The van der Waals surface area contributed by atoms with Crippen molar-refractivity contribution in [2.24, 2.45) is 0 Å². The predicted octanol–water partition coefficient (Wildman–Crippen LogP) is 4.19. The van der Waals surface area contributed by atoms with Crippen molar-refractivity contribution in [3.63, 3.8) is 0 Å². The SMILES string of the molecule is Nc1cccc(Cl)c1OCC1CSc2ccccc21. The Labute approximate surface area is 121 Å². The lowest BCUT2D eigenvalue weighted by molar-refractivity contribution is 0.300. The largest absolute Gasteiger partial charge is 0.489 e. The van der Waals surface area contributed by atoms with E-state index in [0.717, 1.165) is 5.75 Å². The van der Waals surface area contributed by atoms with Crippen LogP contribution >= 0.6 is 23.4 Å². The van der Waals surface area contributed by atoms with Gasteiger partial charge in [0, 0.05) is 16.6 Å². The monoisotopic (exact) mass is 291 g/mol. The number of nitrogen functional groups attached to an aromatic ring is 1. The van der Waals surface area contributed by atoms with Crippen LogP contribution < -0.4 is 10.5 Å². The molecule has 0 spiro atoms. The van der Waals surface area contributed by atoms with Crippen molar-refractivity contribution in [3.05, 3.63) is 53.1 Å². The highest BCUT2D eigenvalue weighted by molar-refractivity contribution is 7.99. The first-order valence-corrected chi connectivity index (χ1v) is 7.50. The Balaban J connectivity index is 1.75. The van der Waals surface area contributed by atoms with Crippen LogP contribution in [0.5, 0.6) is 5.75 Å². The minimum absolute atomic E-state index is 0.400. The average molecular weight is 292 g/mol. The number of para-hydroxylation sites is 1. The number of rotatable bonds is 3. The number of anilines is 1. The van der Waals surface area contributed by atoms with E-state index >= 15 is 0 Å². The van der Waals surface area contributed by atoms with E-state index in [9.17, 15) is 0 Å². The molecule has 2 aromatic rings. The molecular formula is C15H14ClNOS. The predicted molar refractivity (Wildman–Crippen MR) is 81.3 cm³/mol. The first-order valence-electron chi connectivity index (χ1n) is 6.14. The summed E-state index contributed by atoms with van der Waals surface area (Å²) in [6.07, 6.45) is 0. The fourth-order valence-electron chi connectivity index (χ4n) is 2.23. The fourth-order valence-corrected chi connectivity index (χ4v) is 3.70. The molecule has 2 N–H and O–H groups in total. The number of ether oxygens (including phenoxy) is 1. The highest BCUT2D eigenvalue weighted by Gasteiger charge is 2.23. The zero-order valence-corrected chi connectivity index (χ0v) is 11.9. The Morgan fingerprint density at radius 3 is 2.89 bits per heavy atom. The van der Waals surface area contributed by atoms with Gasteiger partial charge in [0.05, 0.1) is 17.3 Å². The summed E-state index contributed by atoms with van der Waals surface area (Å²) in [6.45, 7) is 0.609. The van der Waals surface area contributed by atoms with Crippen molar-refractivity contribution < 1.29 is 4.74 Å². The summed E-state index contributed by atoms with van der Waals surface area (Å²) in [4.78, 5) is 1.35. The molecule has 19 heavy (non-hydrogen) atoms. The Morgan fingerprint density at radius 2 is 2.05 bits per heavy atom. The molecule has 0 amide bonds. The fraction of sp³-hybridized carbons (Fsp3) is 0.200. The van der Waals surface area contributed by atoms with E-state index < -0.39 is 0 Å². The van der Waals surface area contributed by atoms with Crippen LogP contribution in [-0.4, -0.2) is 12.4 Å². The van der Waals surface area contributed by atoms with Crippen LogP contribution in [-0.2, 0) is 0 Å². The van der Waals surface area contributed by atoms with E-state index in [2.05, 4.69) is 24.3 Å².